The van der Waals surface area contributed by atoms with Crippen molar-refractivity contribution in [1.82, 2.24) is 4.57 Å². The molecular weight excluding hydrogens is 480 g/mol. The molecule has 0 N–H and O–H groups in total. The maximum Gasteiger partial charge on any atom is 0.249 e. The van der Waals surface area contributed by atoms with Crippen molar-refractivity contribution < 1.29 is 22.7 Å². The number of carbonyl (C=O) groups excluding carboxylic acids is 1. The largest absolute Gasteiger partial charge is 0.454 e. The molecule has 0 radical (unpaired) electrons. The van der Waals surface area contributed by atoms with Gasteiger partial charge in [-0.2, -0.15) is 16.8 Å². The third-order valence-corrected chi connectivity index (χ3v) is 8.29. The monoisotopic (exact) mass is 498 g/mol. The van der Waals surface area contributed by atoms with Crippen LogP contribution in [-0.2, 0) is 21.2 Å². The van der Waals surface area contributed by atoms with Crippen molar-refractivity contribution in [2.45, 2.75) is 17.9 Å². The first-order valence-corrected chi connectivity index (χ1v) is 13.6. The van der Waals surface area contributed by atoms with Crippen molar-refractivity contribution in [2.75, 3.05) is 24.6 Å². The fourth-order valence-electron chi connectivity index (χ4n) is 3.09. The Bertz CT molecular complexity index is 1300. The second-order valence-corrected chi connectivity index (χ2v) is 11.3. The zero-order valence-electron chi connectivity index (χ0n) is 16.5. The fraction of sp³-hybridized carbons (Fsp3) is 0.300. The van der Waals surface area contributed by atoms with Crippen molar-refractivity contribution in [3.63, 3.8) is 0 Å². The summed E-state index contributed by atoms with van der Waals surface area (Å²) in [4.78, 5) is 17.4. The van der Waals surface area contributed by atoms with Crippen LogP contribution in [0, 0.1) is 0 Å². The van der Waals surface area contributed by atoms with Crippen LogP contribution in [0.15, 0.2) is 46.3 Å². The molecule has 0 aliphatic carbocycles. The van der Waals surface area contributed by atoms with Gasteiger partial charge in [-0.3, -0.25) is 4.79 Å². The van der Waals surface area contributed by atoms with Crippen LogP contribution in [0.5, 0.6) is 11.5 Å². The molecular formula is C20H19ClN2O5S3. The molecule has 0 bridgehead atoms. The molecule has 31 heavy (non-hydrogen) atoms. The summed E-state index contributed by atoms with van der Waals surface area (Å²) in [6.07, 6.45) is 1.80. The fourth-order valence-corrected chi connectivity index (χ4v) is 5.89. The number of amides is 1. The Kier molecular flexibility index (Phi) is 6.61. The molecule has 0 atom stereocenters. The topological polar surface area (TPSA) is 87.0 Å². The third-order valence-electron chi connectivity index (χ3n) is 4.67. The van der Waals surface area contributed by atoms with Crippen molar-refractivity contribution >= 4 is 60.7 Å². The van der Waals surface area contributed by atoms with Gasteiger partial charge in [-0.05, 0) is 30.5 Å². The first kappa shape index (κ1) is 22.2. The maximum absolute atomic E-state index is 12.5. The van der Waals surface area contributed by atoms with Gasteiger partial charge >= 0.3 is 0 Å². The number of ether oxygens (including phenoxy) is 2. The van der Waals surface area contributed by atoms with E-state index in [4.69, 9.17) is 21.1 Å². The van der Waals surface area contributed by atoms with Crippen LogP contribution in [-0.4, -0.2) is 43.4 Å². The van der Waals surface area contributed by atoms with Crippen molar-refractivity contribution in [3.8, 4) is 11.5 Å². The molecule has 3 aromatic rings. The average Bonchev–Trinajstić information content (AvgIpc) is 3.33. The van der Waals surface area contributed by atoms with E-state index < -0.39 is 15.7 Å². The second-order valence-electron chi connectivity index (χ2n) is 6.73. The van der Waals surface area contributed by atoms with E-state index in [1.54, 1.807) is 11.8 Å². The highest BCUT2D eigenvalue weighted by Crippen LogP contribution is 2.37. The predicted octanol–water partition coefficient (Wildman–Crippen LogP) is 3.74. The zero-order valence-corrected chi connectivity index (χ0v) is 19.7. The molecule has 4 rings (SSSR count). The summed E-state index contributed by atoms with van der Waals surface area (Å²) >= 11 is 8.87. The number of hydrogen-bond acceptors (Lipinski definition) is 7. The summed E-state index contributed by atoms with van der Waals surface area (Å²) in [5, 5.41) is 0.450. The lowest BCUT2D eigenvalue weighted by Gasteiger charge is -2.05. The zero-order chi connectivity index (χ0) is 22.0. The van der Waals surface area contributed by atoms with Gasteiger partial charge in [-0.25, -0.2) is 8.42 Å². The highest BCUT2D eigenvalue weighted by Gasteiger charge is 2.19. The molecule has 1 aliphatic rings. The number of rotatable bonds is 7. The van der Waals surface area contributed by atoms with Crippen LogP contribution in [0.4, 0.5) is 0 Å². The molecule has 0 saturated heterocycles. The molecule has 0 unspecified atom stereocenters. The number of hydrogen-bond donors (Lipinski definition) is 0. The van der Waals surface area contributed by atoms with Gasteiger partial charge in [0, 0.05) is 35.9 Å². The van der Waals surface area contributed by atoms with Crippen molar-refractivity contribution in [1.29, 1.82) is 0 Å². The molecule has 0 saturated carbocycles. The van der Waals surface area contributed by atoms with Gasteiger partial charge in [0.25, 0.3) is 0 Å². The highest BCUT2D eigenvalue weighted by molar-refractivity contribution is 7.98. The molecule has 164 valence electrons. The van der Waals surface area contributed by atoms with Crippen LogP contribution in [0.25, 0.3) is 10.2 Å². The number of benzene rings is 2. The number of sulfone groups is 1. The maximum atomic E-state index is 12.5. The lowest BCUT2D eigenvalue weighted by molar-refractivity contribution is -0.117. The Morgan fingerprint density at radius 2 is 1.94 bits per heavy atom. The number of thioether (sulfide) groups is 1. The van der Waals surface area contributed by atoms with Crippen LogP contribution < -0.4 is 14.3 Å². The van der Waals surface area contributed by atoms with Crippen LogP contribution in [0.3, 0.4) is 0 Å². The molecule has 1 aliphatic heterocycles. The summed E-state index contributed by atoms with van der Waals surface area (Å²) in [5.74, 6) is 1.37. The summed E-state index contributed by atoms with van der Waals surface area (Å²) in [5.41, 5.74) is 0.906. The van der Waals surface area contributed by atoms with Crippen LogP contribution in [0.2, 0.25) is 5.02 Å². The molecule has 2 aromatic carbocycles. The standard InChI is InChI=1S/C20H19ClN2O5S3/c1-29-8-7-23-15-10-16-17(28-12-27-16)11-18(15)30-20(23)22-19(24)6-9-31(25,26)14-4-2-13(21)3-5-14/h2-5,10-11H,6-9,12H2,1H3. The normalized spacial score (nSPS) is 13.8. The highest BCUT2D eigenvalue weighted by atomic mass is 35.5. The lowest BCUT2D eigenvalue weighted by Crippen LogP contribution is -2.19. The number of halogens is 1. The van der Waals surface area contributed by atoms with Crippen molar-refractivity contribution in [3.05, 3.63) is 46.2 Å². The van der Waals surface area contributed by atoms with E-state index in [2.05, 4.69) is 4.99 Å². The summed E-state index contributed by atoms with van der Waals surface area (Å²) in [6.45, 7) is 0.852. The van der Waals surface area contributed by atoms with Gasteiger partial charge in [0.15, 0.2) is 26.1 Å². The van der Waals surface area contributed by atoms with Gasteiger partial charge in [0.05, 0.1) is 20.9 Å². The molecule has 0 spiro atoms. The van der Waals surface area contributed by atoms with E-state index in [9.17, 15) is 13.2 Å². The Morgan fingerprint density at radius 1 is 1.23 bits per heavy atom. The quantitative estimate of drug-likeness (QED) is 0.493. The number of fused-ring (bicyclic) bond motifs is 2. The summed E-state index contributed by atoms with van der Waals surface area (Å²) in [6, 6.07) is 9.67. The molecule has 11 heteroatoms. The van der Waals surface area contributed by atoms with Gasteiger partial charge in [0.2, 0.25) is 12.7 Å². The third kappa shape index (κ3) is 4.92. The summed E-state index contributed by atoms with van der Waals surface area (Å²) in [7, 11) is -3.60. The van der Waals surface area contributed by atoms with E-state index in [-0.39, 0.29) is 23.9 Å². The minimum absolute atomic E-state index is 0.135. The molecule has 0 fully saturated rings. The van der Waals surface area contributed by atoms with Gasteiger partial charge in [-0.15, -0.1) is 0 Å². The van der Waals surface area contributed by atoms with E-state index >= 15 is 0 Å². The van der Waals surface area contributed by atoms with Crippen LogP contribution >= 0.6 is 34.7 Å². The number of aromatic nitrogens is 1. The Balaban J connectivity index is 1.60. The minimum Gasteiger partial charge on any atom is -0.454 e. The summed E-state index contributed by atoms with van der Waals surface area (Å²) < 4.78 is 38.8. The lowest BCUT2D eigenvalue weighted by atomic mass is 10.3. The van der Waals surface area contributed by atoms with Crippen molar-refractivity contribution in [2.24, 2.45) is 4.99 Å². The first-order chi connectivity index (χ1) is 14.9. The van der Waals surface area contributed by atoms with E-state index in [1.807, 2.05) is 23.0 Å². The molecule has 2 heterocycles. The molecule has 1 aromatic heterocycles. The smallest absolute Gasteiger partial charge is 0.249 e. The first-order valence-electron chi connectivity index (χ1n) is 9.35. The SMILES string of the molecule is CSCCn1c(=NC(=O)CCS(=O)(=O)c2ccc(Cl)cc2)sc2cc3c(cc21)OCO3. The molecule has 7 nitrogen and oxygen atoms in total. The minimum atomic E-state index is -3.60. The number of thiazole rings is 1. The number of carbonyl (C=O) groups is 1. The Hall–Kier alpha value is -2.01. The van der Waals surface area contributed by atoms with E-state index in [0.29, 0.717) is 27.9 Å². The van der Waals surface area contributed by atoms with Gasteiger partial charge in [0.1, 0.15) is 0 Å². The van der Waals surface area contributed by atoms with Gasteiger partial charge in [-0.1, -0.05) is 22.9 Å². The van der Waals surface area contributed by atoms with E-state index in [1.165, 1.54) is 35.6 Å². The van der Waals surface area contributed by atoms with E-state index in [0.717, 1.165) is 16.0 Å². The average molecular weight is 499 g/mol. The van der Waals surface area contributed by atoms with Crippen LogP contribution in [0.1, 0.15) is 6.42 Å². The Labute approximate surface area is 192 Å². The number of aryl methyl sites for hydroxylation is 1. The van der Waals surface area contributed by atoms with Gasteiger partial charge < -0.3 is 14.0 Å². The predicted molar refractivity (Wildman–Crippen MR) is 123 cm³/mol. The molecule has 1 amide bonds. The Morgan fingerprint density at radius 3 is 2.65 bits per heavy atom. The second kappa shape index (κ2) is 9.23. The number of nitrogens with zero attached hydrogens (tertiary/aromatic N) is 2.